The van der Waals surface area contributed by atoms with Crippen LogP contribution in [-0.2, 0) is 9.59 Å². The van der Waals surface area contributed by atoms with Gasteiger partial charge in [0.1, 0.15) is 5.75 Å². The van der Waals surface area contributed by atoms with Crippen molar-refractivity contribution in [1.29, 1.82) is 0 Å². The first kappa shape index (κ1) is 19.9. The molecule has 0 atom stereocenters. The van der Waals surface area contributed by atoms with Crippen molar-refractivity contribution in [2.24, 2.45) is 0 Å². The van der Waals surface area contributed by atoms with Crippen LogP contribution in [0.25, 0.3) is 11.6 Å². The Bertz CT molecular complexity index is 935. The molecular formula is C19H17N2NaO4. The molecule has 0 radical (unpaired) electrons. The predicted octanol–water partition coefficient (Wildman–Crippen LogP) is 2.08. The van der Waals surface area contributed by atoms with Gasteiger partial charge in [0.05, 0.1) is 30.5 Å². The summed E-state index contributed by atoms with van der Waals surface area (Å²) in [5, 5.41) is 11.5. The number of aromatic amines is 1. The number of aromatic nitrogens is 1. The topological polar surface area (TPSA) is 91.4 Å². The van der Waals surface area contributed by atoms with Gasteiger partial charge >= 0.3 is 35.5 Å². The summed E-state index contributed by atoms with van der Waals surface area (Å²) in [5.74, 6) is 5.36. The Morgan fingerprint density at radius 2 is 2.15 bits per heavy atom. The van der Waals surface area contributed by atoms with Crippen LogP contribution in [0.3, 0.4) is 0 Å². The number of carboxylic acid groups (broad SMARTS) is 1. The quantitative estimate of drug-likeness (QED) is 0.442. The van der Waals surface area contributed by atoms with Gasteiger partial charge in [-0.3, -0.25) is 9.59 Å². The van der Waals surface area contributed by atoms with Crippen LogP contribution in [0.15, 0.2) is 30.5 Å². The number of nitrogens with one attached hydrogen (secondary N) is 2. The summed E-state index contributed by atoms with van der Waals surface area (Å²) in [5.41, 5.74) is 3.25. The zero-order valence-corrected chi connectivity index (χ0v) is 13.6. The number of benzene rings is 1. The molecule has 2 aromatic rings. The van der Waals surface area contributed by atoms with Crippen LogP contribution in [0.5, 0.6) is 5.75 Å². The molecule has 0 fully saturated rings. The van der Waals surface area contributed by atoms with Crippen molar-refractivity contribution >= 4 is 58.8 Å². The second-order valence-electron chi connectivity index (χ2n) is 5.40. The summed E-state index contributed by atoms with van der Waals surface area (Å²) in [6.45, 7) is 0. The number of anilines is 1. The number of carbonyl (C=O) groups excluding carboxylic acids is 1. The van der Waals surface area contributed by atoms with Gasteiger partial charge in [-0.15, -0.1) is 0 Å². The number of hydrogen-bond acceptors (Lipinski definition) is 3. The molecule has 0 aliphatic carbocycles. The molecule has 2 heterocycles. The first-order valence-corrected chi connectivity index (χ1v) is 7.68. The van der Waals surface area contributed by atoms with Crippen LogP contribution < -0.4 is 10.1 Å². The average molecular weight is 360 g/mol. The fourth-order valence-corrected chi connectivity index (χ4v) is 2.62. The van der Waals surface area contributed by atoms with Crippen LogP contribution >= 0.6 is 0 Å². The molecule has 1 aromatic heterocycles. The summed E-state index contributed by atoms with van der Waals surface area (Å²) in [4.78, 5) is 26.0. The van der Waals surface area contributed by atoms with E-state index in [4.69, 9.17) is 9.84 Å². The minimum atomic E-state index is -0.885. The second kappa shape index (κ2) is 8.77. The second-order valence-corrected chi connectivity index (χ2v) is 5.40. The Kier molecular flexibility index (Phi) is 6.70. The van der Waals surface area contributed by atoms with Crippen LogP contribution in [0.1, 0.15) is 29.7 Å². The standard InChI is InChI=1S/C19H16N2O4.Na.H/c1-25-16-9-10-20-15(16)11-13-18-12(5-2-3-8-17(22)23)6-4-7-14(18)21-19(13)24;;/h4,6-7,9-11,20H,3,8H2,1H3,(H,21,24)(H,22,23);;. The molecule has 3 rings (SSSR count). The molecule has 0 spiro atoms. The van der Waals surface area contributed by atoms with Crippen LogP contribution in [0.4, 0.5) is 5.69 Å². The van der Waals surface area contributed by atoms with Crippen molar-refractivity contribution in [2.45, 2.75) is 12.8 Å². The van der Waals surface area contributed by atoms with E-state index in [1.807, 2.05) is 12.1 Å². The van der Waals surface area contributed by atoms with Crippen molar-refractivity contribution in [2.75, 3.05) is 12.4 Å². The Labute approximate surface area is 172 Å². The number of aliphatic carboxylic acids is 1. The van der Waals surface area contributed by atoms with Gasteiger partial charge in [0.15, 0.2) is 0 Å². The number of H-pyrrole nitrogens is 1. The van der Waals surface area contributed by atoms with Crippen LogP contribution in [0, 0.1) is 11.8 Å². The summed E-state index contributed by atoms with van der Waals surface area (Å²) in [6, 6.07) is 7.20. The molecule has 0 saturated heterocycles. The van der Waals surface area contributed by atoms with Crippen molar-refractivity contribution in [1.82, 2.24) is 4.98 Å². The first-order valence-electron chi connectivity index (χ1n) is 7.68. The van der Waals surface area contributed by atoms with Crippen molar-refractivity contribution in [3.8, 4) is 17.6 Å². The first-order chi connectivity index (χ1) is 12.1. The maximum atomic E-state index is 12.4. The number of rotatable bonds is 4. The number of ether oxygens (including phenoxy) is 1. The van der Waals surface area contributed by atoms with Gasteiger partial charge in [0, 0.05) is 23.7 Å². The minimum absolute atomic E-state index is 0. The third kappa shape index (κ3) is 4.20. The number of amides is 1. The van der Waals surface area contributed by atoms with E-state index in [2.05, 4.69) is 22.1 Å². The van der Waals surface area contributed by atoms with Gasteiger partial charge in [-0.05, 0) is 24.3 Å². The van der Waals surface area contributed by atoms with Gasteiger partial charge in [0.2, 0.25) is 0 Å². The van der Waals surface area contributed by atoms with E-state index in [0.717, 1.165) is 0 Å². The third-order valence-corrected chi connectivity index (χ3v) is 3.76. The van der Waals surface area contributed by atoms with Gasteiger partial charge in [0.25, 0.3) is 5.91 Å². The van der Waals surface area contributed by atoms with E-state index in [0.29, 0.717) is 33.8 Å². The number of methoxy groups -OCH3 is 1. The predicted molar refractivity (Wildman–Crippen MR) is 101 cm³/mol. The third-order valence-electron chi connectivity index (χ3n) is 3.76. The maximum absolute atomic E-state index is 12.4. The summed E-state index contributed by atoms with van der Waals surface area (Å²) in [6.07, 6.45) is 3.70. The molecule has 1 aromatic carbocycles. The van der Waals surface area contributed by atoms with Crippen molar-refractivity contribution in [3.63, 3.8) is 0 Å². The van der Waals surface area contributed by atoms with Crippen molar-refractivity contribution < 1.29 is 19.4 Å². The van der Waals surface area contributed by atoms with E-state index in [1.165, 1.54) is 0 Å². The number of hydrogen-bond donors (Lipinski definition) is 3. The number of fused-ring (bicyclic) bond motifs is 1. The molecule has 128 valence electrons. The molecule has 0 bridgehead atoms. The molecule has 1 aliphatic rings. The summed E-state index contributed by atoms with van der Waals surface area (Å²) < 4.78 is 5.26. The van der Waals surface area contributed by atoms with Gasteiger partial charge in [-0.2, -0.15) is 0 Å². The van der Waals surface area contributed by atoms with E-state index in [9.17, 15) is 9.59 Å². The van der Waals surface area contributed by atoms with Crippen LogP contribution in [-0.4, -0.2) is 58.6 Å². The fourth-order valence-electron chi connectivity index (χ4n) is 2.62. The van der Waals surface area contributed by atoms with E-state index in [1.54, 1.807) is 31.5 Å². The Balaban J connectivity index is 0.00000243. The zero-order valence-electron chi connectivity index (χ0n) is 13.6. The fraction of sp³-hybridized carbons (Fsp3) is 0.158. The monoisotopic (exact) mass is 360 g/mol. The molecule has 1 aliphatic heterocycles. The van der Waals surface area contributed by atoms with E-state index in [-0.39, 0.29) is 48.3 Å². The molecule has 0 unspecified atom stereocenters. The molecule has 7 heteroatoms. The Hall–Kier alpha value is -2.46. The zero-order chi connectivity index (χ0) is 17.8. The Morgan fingerprint density at radius 3 is 2.88 bits per heavy atom. The van der Waals surface area contributed by atoms with Gasteiger partial charge in [-0.25, -0.2) is 0 Å². The SMILES string of the molecule is COc1cc[nH]c1C=C1C(=O)Nc2cccc(C#CCCC(=O)O)c21.[NaH]. The molecule has 1 amide bonds. The molecule has 6 nitrogen and oxygen atoms in total. The summed E-state index contributed by atoms with van der Waals surface area (Å²) in [7, 11) is 1.56. The normalized spacial score (nSPS) is 13.3. The summed E-state index contributed by atoms with van der Waals surface area (Å²) >= 11 is 0. The molecule has 3 N–H and O–H groups in total. The van der Waals surface area contributed by atoms with E-state index >= 15 is 0 Å². The van der Waals surface area contributed by atoms with Gasteiger partial charge in [-0.1, -0.05) is 17.9 Å². The number of carbonyl (C=O) groups is 2. The molecule has 0 saturated carbocycles. The van der Waals surface area contributed by atoms with E-state index < -0.39 is 5.97 Å². The van der Waals surface area contributed by atoms with Crippen molar-refractivity contribution in [3.05, 3.63) is 47.3 Å². The molecule has 26 heavy (non-hydrogen) atoms. The molecular weight excluding hydrogens is 343 g/mol. The Morgan fingerprint density at radius 1 is 1.35 bits per heavy atom. The van der Waals surface area contributed by atoms with Gasteiger partial charge < -0.3 is 20.1 Å². The number of carboxylic acids is 1. The van der Waals surface area contributed by atoms with Crippen LogP contribution in [0.2, 0.25) is 0 Å². The average Bonchev–Trinajstić information content (AvgIpc) is 3.16.